The van der Waals surface area contributed by atoms with Gasteiger partial charge < -0.3 is 0 Å². The smallest absolute Gasteiger partial charge is 0.198 e. The minimum Gasteiger partial charge on any atom is -0.238 e. The Bertz CT molecular complexity index is 720. The van der Waals surface area contributed by atoms with Crippen molar-refractivity contribution in [2.24, 2.45) is 0 Å². The number of sulfone groups is 1. The van der Waals surface area contributed by atoms with E-state index in [-0.39, 0.29) is 5.04 Å². The molecular formula is C15H23N3O2SSi. The average Bonchev–Trinajstić information content (AvgIpc) is 2.91. The maximum atomic E-state index is 13.3. The Hall–Kier alpha value is -1.47. The number of hydrogen-bond acceptors (Lipinski definition) is 4. The summed E-state index contributed by atoms with van der Waals surface area (Å²) in [5, 5.41) is 4.04. The minimum absolute atomic E-state index is 0.106. The predicted octanol–water partition coefficient (Wildman–Crippen LogP) is 3.30. The number of rotatable bonds is 4. The number of nitrogens with zero attached hydrogens (tertiary/aromatic N) is 3. The van der Waals surface area contributed by atoms with E-state index in [1.807, 2.05) is 6.07 Å². The van der Waals surface area contributed by atoms with Gasteiger partial charge in [-0.05, 0) is 17.2 Å². The lowest BCUT2D eigenvalue weighted by Crippen LogP contribution is -2.50. The molecule has 0 fully saturated rings. The molecule has 7 heteroatoms. The van der Waals surface area contributed by atoms with Crippen LogP contribution in [0.4, 0.5) is 0 Å². The lowest BCUT2D eigenvalue weighted by Gasteiger charge is -2.42. The van der Waals surface area contributed by atoms with E-state index in [4.69, 9.17) is 0 Å². The lowest BCUT2D eigenvalue weighted by atomic mass is 10.2. The molecular weight excluding hydrogens is 314 g/mol. The summed E-state index contributed by atoms with van der Waals surface area (Å²) < 4.78 is 28.1. The molecule has 1 atom stereocenters. The molecule has 0 aliphatic heterocycles. The van der Waals surface area contributed by atoms with E-state index in [1.165, 1.54) is 17.3 Å². The Kier molecular flexibility index (Phi) is 4.32. The SMILES string of the molecule is CC(C)(C)[Si](C)(C)C(n1cncn1)S(=O)(=O)c1ccccc1. The number of benzene rings is 1. The highest BCUT2D eigenvalue weighted by molar-refractivity contribution is 7.93. The molecule has 5 nitrogen and oxygen atoms in total. The van der Waals surface area contributed by atoms with Crippen LogP contribution in [0.1, 0.15) is 25.8 Å². The van der Waals surface area contributed by atoms with Crippen LogP contribution in [0.5, 0.6) is 0 Å². The molecule has 0 N–H and O–H groups in total. The molecule has 1 unspecified atom stereocenters. The van der Waals surface area contributed by atoms with E-state index in [2.05, 4.69) is 43.9 Å². The summed E-state index contributed by atoms with van der Waals surface area (Å²) in [6.45, 7) is 10.5. The van der Waals surface area contributed by atoms with Crippen LogP contribution in [0.3, 0.4) is 0 Å². The fraction of sp³-hybridized carbons (Fsp3) is 0.467. The summed E-state index contributed by atoms with van der Waals surface area (Å²) in [5.41, 5.74) is 0. The summed E-state index contributed by atoms with van der Waals surface area (Å²) >= 11 is 0. The summed E-state index contributed by atoms with van der Waals surface area (Å²) in [4.78, 5) is 3.60. The predicted molar refractivity (Wildman–Crippen MR) is 89.9 cm³/mol. The van der Waals surface area contributed by atoms with Gasteiger partial charge in [0.15, 0.2) is 9.84 Å². The fourth-order valence-electron chi connectivity index (χ4n) is 2.31. The zero-order chi connectivity index (χ0) is 16.6. The van der Waals surface area contributed by atoms with Crippen LogP contribution in [-0.2, 0) is 9.84 Å². The Labute approximate surface area is 133 Å². The van der Waals surface area contributed by atoms with Gasteiger partial charge in [-0.25, -0.2) is 18.1 Å². The quantitative estimate of drug-likeness (QED) is 0.803. The highest BCUT2D eigenvalue weighted by Crippen LogP contribution is 2.46. The molecule has 1 aromatic carbocycles. The van der Waals surface area contributed by atoms with Crippen LogP contribution in [0.25, 0.3) is 0 Å². The molecule has 0 saturated carbocycles. The highest BCUT2D eigenvalue weighted by Gasteiger charge is 2.50. The third-order valence-electron chi connectivity index (χ3n) is 4.59. The number of hydrogen-bond donors (Lipinski definition) is 0. The van der Waals surface area contributed by atoms with Gasteiger partial charge in [-0.3, -0.25) is 0 Å². The first kappa shape index (κ1) is 16.9. The second-order valence-corrected chi connectivity index (χ2v) is 15.0. The van der Waals surface area contributed by atoms with Crippen molar-refractivity contribution in [2.45, 2.75) is 48.8 Å². The van der Waals surface area contributed by atoms with Crippen molar-refractivity contribution in [3.63, 3.8) is 0 Å². The van der Waals surface area contributed by atoms with Crippen LogP contribution in [0, 0.1) is 0 Å². The van der Waals surface area contributed by atoms with Gasteiger partial charge in [0.1, 0.15) is 25.7 Å². The second-order valence-electron chi connectivity index (χ2n) is 7.06. The largest absolute Gasteiger partial charge is 0.238 e. The first-order valence-electron chi connectivity index (χ1n) is 7.21. The standard InChI is InChI=1S/C15H23N3O2SSi/c1-15(2,3)22(4,5)14(18-12-16-11-17-18)21(19,20)13-9-7-6-8-10-13/h6-12,14H,1-5H3. The van der Waals surface area contributed by atoms with Gasteiger partial charge >= 0.3 is 0 Å². The minimum atomic E-state index is -3.54. The van der Waals surface area contributed by atoms with Crippen LogP contribution in [0.15, 0.2) is 47.9 Å². The van der Waals surface area contributed by atoms with Crippen molar-refractivity contribution in [1.29, 1.82) is 0 Å². The van der Waals surface area contributed by atoms with Gasteiger partial charge in [-0.15, -0.1) is 0 Å². The first-order chi connectivity index (χ1) is 10.1. The molecule has 0 bridgehead atoms. The third-order valence-corrected chi connectivity index (χ3v) is 14.4. The van der Waals surface area contributed by atoms with Gasteiger partial charge in [0, 0.05) is 0 Å². The molecule has 2 aromatic rings. The molecule has 0 radical (unpaired) electrons. The Morgan fingerprint density at radius 2 is 1.73 bits per heavy atom. The van der Waals surface area contributed by atoms with Gasteiger partial charge in [0.2, 0.25) is 0 Å². The van der Waals surface area contributed by atoms with E-state index < -0.39 is 22.9 Å². The van der Waals surface area contributed by atoms with Crippen molar-refractivity contribution in [3.05, 3.63) is 43.0 Å². The van der Waals surface area contributed by atoms with Crippen LogP contribution >= 0.6 is 0 Å². The molecule has 1 aromatic heterocycles. The molecule has 2 rings (SSSR count). The molecule has 22 heavy (non-hydrogen) atoms. The normalized spacial score (nSPS) is 14.8. The second kappa shape index (κ2) is 5.62. The van der Waals surface area contributed by atoms with Crippen LogP contribution < -0.4 is 0 Å². The van der Waals surface area contributed by atoms with Crippen LogP contribution in [-0.4, -0.2) is 31.3 Å². The molecule has 0 aliphatic carbocycles. The Balaban J connectivity index is 2.66. The molecule has 120 valence electrons. The highest BCUT2D eigenvalue weighted by atomic mass is 32.2. The van der Waals surface area contributed by atoms with Crippen molar-refractivity contribution in [3.8, 4) is 0 Å². The van der Waals surface area contributed by atoms with E-state index in [0.29, 0.717) is 4.90 Å². The van der Waals surface area contributed by atoms with E-state index >= 15 is 0 Å². The van der Waals surface area contributed by atoms with Crippen molar-refractivity contribution >= 4 is 17.9 Å². The van der Waals surface area contributed by atoms with Crippen molar-refractivity contribution in [2.75, 3.05) is 0 Å². The Morgan fingerprint density at radius 1 is 1.14 bits per heavy atom. The zero-order valence-corrected chi connectivity index (χ0v) is 15.5. The molecule has 0 amide bonds. The fourth-order valence-corrected chi connectivity index (χ4v) is 9.60. The number of aromatic nitrogens is 3. The van der Waals surface area contributed by atoms with Crippen LogP contribution in [0.2, 0.25) is 18.1 Å². The summed E-state index contributed by atoms with van der Waals surface area (Å²) in [5.74, 6) is 0. The molecule has 0 saturated heterocycles. The topological polar surface area (TPSA) is 64.8 Å². The van der Waals surface area contributed by atoms with Gasteiger partial charge in [-0.2, -0.15) is 5.10 Å². The monoisotopic (exact) mass is 337 g/mol. The Morgan fingerprint density at radius 3 is 2.18 bits per heavy atom. The average molecular weight is 338 g/mol. The first-order valence-corrected chi connectivity index (χ1v) is 11.8. The zero-order valence-electron chi connectivity index (χ0n) is 13.7. The van der Waals surface area contributed by atoms with E-state index in [1.54, 1.807) is 24.3 Å². The maximum Gasteiger partial charge on any atom is 0.198 e. The molecule has 1 heterocycles. The van der Waals surface area contributed by atoms with Gasteiger partial charge in [-0.1, -0.05) is 52.1 Å². The lowest BCUT2D eigenvalue weighted by molar-refractivity contribution is 0.553. The van der Waals surface area contributed by atoms with Crippen molar-refractivity contribution < 1.29 is 8.42 Å². The maximum absolute atomic E-state index is 13.3. The van der Waals surface area contributed by atoms with E-state index in [9.17, 15) is 8.42 Å². The third kappa shape index (κ3) is 2.87. The van der Waals surface area contributed by atoms with E-state index in [0.717, 1.165) is 0 Å². The summed E-state index contributed by atoms with van der Waals surface area (Å²) in [7, 11) is -5.83. The summed E-state index contributed by atoms with van der Waals surface area (Å²) in [6.07, 6.45) is 2.90. The van der Waals surface area contributed by atoms with Crippen molar-refractivity contribution in [1.82, 2.24) is 14.8 Å². The summed E-state index contributed by atoms with van der Waals surface area (Å²) in [6, 6.07) is 8.60. The molecule has 0 spiro atoms. The van der Waals surface area contributed by atoms with Gasteiger partial charge in [0.05, 0.1) is 4.90 Å². The van der Waals surface area contributed by atoms with Gasteiger partial charge in [0.25, 0.3) is 0 Å². The molecule has 0 aliphatic rings.